The maximum absolute atomic E-state index is 8.13. The summed E-state index contributed by atoms with van der Waals surface area (Å²) in [4.78, 5) is 3.76. The number of nitrogens with zero attached hydrogens (tertiary/aromatic N) is 2. The molecule has 52 valence electrons. The normalized spacial score (nSPS) is 10.5. The second-order valence-electron chi connectivity index (χ2n) is 1.63. The highest BCUT2D eigenvalue weighted by Gasteiger charge is 1.93. The number of pyridine rings is 1. The number of halogens is 1. The van der Waals surface area contributed by atoms with Crippen LogP contribution in [0, 0.1) is 0 Å². The number of aromatic nitrogens is 1. The van der Waals surface area contributed by atoms with Crippen LogP contribution in [-0.2, 0) is 0 Å². The van der Waals surface area contributed by atoms with Crippen molar-refractivity contribution in [1.82, 2.24) is 4.98 Å². The van der Waals surface area contributed by atoms with E-state index in [1.54, 1.807) is 18.3 Å². The van der Waals surface area contributed by atoms with Crippen molar-refractivity contribution in [2.75, 3.05) is 0 Å². The number of rotatable bonds is 1. The minimum absolute atomic E-state index is 0.334. The lowest BCUT2D eigenvalue weighted by Crippen LogP contribution is -1.84. The topological polar surface area (TPSA) is 45.5 Å². The van der Waals surface area contributed by atoms with E-state index in [1.807, 2.05) is 0 Å². The molecule has 1 aromatic rings. The minimum atomic E-state index is 0.334. The zero-order valence-electron chi connectivity index (χ0n) is 5.03. The van der Waals surface area contributed by atoms with Gasteiger partial charge in [-0.25, -0.2) is 4.98 Å². The van der Waals surface area contributed by atoms with Crippen molar-refractivity contribution in [2.45, 2.75) is 0 Å². The molecule has 1 N–H and O–H groups in total. The molecule has 0 unspecified atom stereocenters. The summed E-state index contributed by atoms with van der Waals surface area (Å²) in [6.45, 7) is 0. The average Bonchev–Trinajstić information content (AvgIpc) is 1.94. The van der Waals surface area contributed by atoms with Crippen molar-refractivity contribution in [3.63, 3.8) is 0 Å². The highest BCUT2D eigenvalue weighted by molar-refractivity contribution is 6.31. The van der Waals surface area contributed by atoms with Crippen LogP contribution in [0.4, 0.5) is 0 Å². The minimum Gasteiger partial charge on any atom is -0.411 e. The molecule has 0 bridgehead atoms. The van der Waals surface area contributed by atoms with Crippen molar-refractivity contribution >= 4 is 17.8 Å². The zero-order valence-corrected chi connectivity index (χ0v) is 5.78. The van der Waals surface area contributed by atoms with E-state index >= 15 is 0 Å². The summed E-state index contributed by atoms with van der Waals surface area (Å²) in [6.07, 6.45) is 2.80. The maximum Gasteiger partial charge on any atom is 0.137 e. The number of hydrogen-bond donors (Lipinski definition) is 1. The van der Waals surface area contributed by atoms with Crippen LogP contribution in [0.5, 0.6) is 0 Å². The smallest absolute Gasteiger partial charge is 0.137 e. The molecule has 0 saturated heterocycles. The van der Waals surface area contributed by atoms with Crippen molar-refractivity contribution < 1.29 is 5.21 Å². The lowest BCUT2D eigenvalue weighted by molar-refractivity contribution is 0.322. The average molecular weight is 157 g/mol. The molecule has 0 aliphatic carbocycles. The molecule has 1 rings (SSSR count). The first-order valence-corrected chi connectivity index (χ1v) is 3.00. The largest absolute Gasteiger partial charge is 0.411 e. The second-order valence-corrected chi connectivity index (χ2v) is 1.99. The van der Waals surface area contributed by atoms with Crippen LogP contribution in [0.1, 0.15) is 5.56 Å². The van der Waals surface area contributed by atoms with Gasteiger partial charge < -0.3 is 5.21 Å². The van der Waals surface area contributed by atoms with Gasteiger partial charge in [0.25, 0.3) is 0 Å². The summed E-state index contributed by atoms with van der Waals surface area (Å²) in [7, 11) is 0. The molecular formula is C6H5ClN2O. The Labute approximate surface area is 63.0 Å². The molecule has 0 spiro atoms. The van der Waals surface area contributed by atoms with Gasteiger partial charge in [-0.3, -0.25) is 0 Å². The van der Waals surface area contributed by atoms with Gasteiger partial charge in [0, 0.05) is 11.8 Å². The van der Waals surface area contributed by atoms with Crippen LogP contribution >= 0.6 is 11.6 Å². The van der Waals surface area contributed by atoms with E-state index in [-0.39, 0.29) is 0 Å². The fourth-order valence-corrected chi connectivity index (χ4v) is 0.725. The third-order valence-electron chi connectivity index (χ3n) is 0.985. The van der Waals surface area contributed by atoms with Gasteiger partial charge in [0.05, 0.1) is 6.21 Å². The molecule has 0 amide bonds. The Bertz CT molecular complexity index is 249. The van der Waals surface area contributed by atoms with Crippen molar-refractivity contribution in [1.29, 1.82) is 0 Å². The van der Waals surface area contributed by atoms with E-state index in [0.717, 1.165) is 0 Å². The van der Waals surface area contributed by atoms with Gasteiger partial charge in [0.2, 0.25) is 0 Å². The molecular weight excluding hydrogens is 152 g/mol. The SMILES string of the molecule is O/N=C\c1cccnc1Cl. The zero-order chi connectivity index (χ0) is 7.40. The molecule has 1 heterocycles. The molecule has 0 saturated carbocycles. The van der Waals surface area contributed by atoms with E-state index in [4.69, 9.17) is 16.8 Å². The van der Waals surface area contributed by atoms with Crippen LogP contribution in [0.25, 0.3) is 0 Å². The summed E-state index contributed by atoms with van der Waals surface area (Å²) in [6, 6.07) is 3.41. The summed E-state index contributed by atoms with van der Waals surface area (Å²) < 4.78 is 0. The Kier molecular flexibility index (Phi) is 2.23. The lowest BCUT2D eigenvalue weighted by atomic mass is 10.3. The Morgan fingerprint density at radius 2 is 2.50 bits per heavy atom. The Balaban J connectivity index is 3.03. The van der Waals surface area contributed by atoms with Gasteiger partial charge in [-0.1, -0.05) is 16.8 Å². The molecule has 0 aliphatic rings. The Morgan fingerprint density at radius 3 is 3.10 bits per heavy atom. The summed E-state index contributed by atoms with van der Waals surface area (Å²) in [5, 5.41) is 11.3. The van der Waals surface area contributed by atoms with Crippen LogP contribution in [0.2, 0.25) is 5.15 Å². The fraction of sp³-hybridized carbons (Fsp3) is 0. The number of oxime groups is 1. The predicted molar refractivity (Wildman–Crippen MR) is 38.6 cm³/mol. The maximum atomic E-state index is 8.13. The van der Waals surface area contributed by atoms with Crippen molar-refractivity contribution in [2.24, 2.45) is 5.16 Å². The third-order valence-corrected chi connectivity index (χ3v) is 1.30. The van der Waals surface area contributed by atoms with E-state index in [2.05, 4.69) is 10.1 Å². The Morgan fingerprint density at radius 1 is 1.70 bits per heavy atom. The monoisotopic (exact) mass is 156 g/mol. The van der Waals surface area contributed by atoms with E-state index in [1.165, 1.54) is 6.21 Å². The molecule has 0 atom stereocenters. The van der Waals surface area contributed by atoms with Gasteiger partial charge in [0.1, 0.15) is 5.15 Å². The third kappa shape index (κ3) is 1.45. The van der Waals surface area contributed by atoms with Gasteiger partial charge in [0.15, 0.2) is 0 Å². The van der Waals surface area contributed by atoms with Gasteiger partial charge >= 0.3 is 0 Å². The first-order valence-electron chi connectivity index (χ1n) is 2.62. The van der Waals surface area contributed by atoms with Crippen molar-refractivity contribution in [3.05, 3.63) is 29.0 Å². The van der Waals surface area contributed by atoms with Crippen LogP contribution in [0.3, 0.4) is 0 Å². The fourth-order valence-electron chi connectivity index (χ4n) is 0.557. The van der Waals surface area contributed by atoms with Crippen LogP contribution in [-0.4, -0.2) is 16.4 Å². The highest BCUT2D eigenvalue weighted by Crippen LogP contribution is 2.07. The van der Waals surface area contributed by atoms with Gasteiger partial charge in [-0.05, 0) is 12.1 Å². The molecule has 0 fully saturated rings. The molecule has 0 aliphatic heterocycles. The van der Waals surface area contributed by atoms with E-state index in [0.29, 0.717) is 10.7 Å². The lowest BCUT2D eigenvalue weighted by Gasteiger charge is -1.91. The Hall–Kier alpha value is -1.09. The molecule has 0 aromatic carbocycles. The quantitative estimate of drug-likeness (QED) is 0.290. The molecule has 10 heavy (non-hydrogen) atoms. The summed E-state index contributed by atoms with van der Waals surface area (Å²) in [5.41, 5.74) is 0.603. The molecule has 1 aromatic heterocycles. The highest BCUT2D eigenvalue weighted by atomic mass is 35.5. The van der Waals surface area contributed by atoms with Gasteiger partial charge in [-0.2, -0.15) is 0 Å². The van der Waals surface area contributed by atoms with Crippen molar-refractivity contribution in [3.8, 4) is 0 Å². The van der Waals surface area contributed by atoms with E-state index in [9.17, 15) is 0 Å². The standard InChI is InChI=1S/C6H5ClN2O/c7-6-5(4-9-10)2-1-3-8-6/h1-4,10H/b9-4-. The van der Waals surface area contributed by atoms with E-state index < -0.39 is 0 Å². The summed E-state index contributed by atoms with van der Waals surface area (Å²) >= 11 is 5.59. The predicted octanol–water partition coefficient (Wildman–Crippen LogP) is 1.54. The molecule has 3 nitrogen and oxygen atoms in total. The summed E-state index contributed by atoms with van der Waals surface area (Å²) in [5.74, 6) is 0. The first-order chi connectivity index (χ1) is 4.84. The van der Waals surface area contributed by atoms with Crippen LogP contribution in [0.15, 0.2) is 23.5 Å². The van der Waals surface area contributed by atoms with Crippen LogP contribution < -0.4 is 0 Å². The second kappa shape index (κ2) is 3.17. The first kappa shape index (κ1) is 7.02. The molecule has 0 radical (unpaired) electrons. The number of hydrogen-bond acceptors (Lipinski definition) is 3. The molecule has 4 heteroatoms. The van der Waals surface area contributed by atoms with Gasteiger partial charge in [-0.15, -0.1) is 0 Å².